The molecule has 3 rings (SSSR count). The fourth-order valence-electron chi connectivity index (χ4n) is 3.46. The van der Waals surface area contributed by atoms with E-state index in [0.717, 1.165) is 23.3 Å². The molecule has 1 amide bonds. The van der Waals surface area contributed by atoms with E-state index in [4.69, 9.17) is 4.74 Å². The zero-order valence-electron chi connectivity index (χ0n) is 17.7. The molecule has 156 valence electrons. The monoisotopic (exact) mass is 405 g/mol. The Hall–Kier alpha value is -3.14. The average molecular weight is 406 g/mol. The van der Waals surface area contributed by atoms with E-state index in [-0.39, 0.29) is 17.8 Å². The van der Waals surface area contributed by atoms with Crippen LogP contribution in [-0.2, 0) is 6.61 Å². The maximum atomic E-state index is 14.1. The maximum absolute atomic E-state index is 14.1. The van der Waals surface area contributed by atoms with Crippen molar-refractivity contribution in [2.75, 3.05) is 0 Å². The Labute approximate surface area is 177 Å². The molecule has 0 spiro atoms. The number of hydrogen-bond donors (Lipinski definition) is 1. The van der Waals surface area contributed by atoms with Crippen molar-refractivity contribution in [2.24, 2.45) is 5.92 Å². The minimum absolute atomic E-state index is 0.175. The van der Waals surface area contributed by atoms with Crippen LogP contribution in [0.5, 0.6) is 5.75 Å². The third-order valence-electron chi connectivity index (χ3n) is 5.04. The van der Waals surface area contributed by atoms with Crippen LogP contribution in [0, 0.1) is 18.7 Å². The number of nitrogens with one attached hydrogen (secondary N) is 1. The molecule has 0 aromatic heterocycles. The van der Waals surface area contributed by atoms with E-state index in [1.165, 1.54) is 6.07 Å². The normalized spacial score (nSPS) is 11.9. The fourth-order valence-corrected chi connectivity index (χ4v) is 3.46. The van der Waals surface area contributed by atoms with Gasteiger partial charge in [-0.15, -0.1) is 0 Å². The van der Waals surface area contributed by atoms with Crippen molar-refractivity contribution in [1.29, 1.82) is 0 Å². The molecule has 3 aromatic carbocycles. The number of amides is 1. The van der Waals surface area contributed by atoms with Crippen molar-refractivity contribution in [3.05, 3.63) is 101 Å². The van der Waals surface area contributed by atoms with Gasteiger partial charge in [-0.2, -0.15) is 0 Å². The molecular weight excluding hydrogens is 377 g/mol. The Balaban J connectivity index is 1.74. The third kappa shape index (κ3) is 5.69. The van der Waals surface area contributed by atoms with Gasteiger partial charge in [-0.25, -0.2) is 4.39 Å². The Bertz CT molecular complexity index is 985. The lowest BCUT2D eigenvalue weighted by Gasteiger charge is -2.23. The number of hydrogen-bond acceptors (Lipinski definition) is 2. The van der Waals surface area contributed by atoms with Gasteiger partial charge < -0.3 is 10.1 Å². The summed E-state index contributed by atoms with van der Waals surface area (Å²) in [4.78, 5) is 13.0. The number of carbonyl (C=O) groups excluding carboxylic acids is 1. The van der Waals surface area contributed by atoms with E-state index in [2.05, 4.69) is 19.2 Å². The Kier molecular flexibility index (Phi) is 7.23. The van der Waals surface area contributed by atoms with Crippen LogP contribution in [0.2, 0.25) is 0 Å². The summed E-state index contributed by atoms with van der Waals surface area (Å²) in [6, 6.07) is 21.7. The highest BCUT2D eigenvalue weighted by Gasteiger charge is 2.20. The number of rotatable bonds is 8. The van der Waals surface area contributed by atoms with Gasteiger partial charge in [0.25, 0.3) is 5.91 Å². The zero-order chi connectivity index (χ0) is 21.5. The molecule has 0 aliphatic rings. The molecular formula is C26H28FNO2. The first kappa shape index (κ1) is 21.6. The minimum Gasteiger partial charge on any atom is -0.489 e. The molecule has 0 heterocycles. The number of para-hydroxylation sites is 1. The molecule has 0 radical (unpaired) electrons. The topological polar surface area (TPSA) is 38.3 Å². The van der Waals surface area contributed by atoms with Crippen LogP contribution in [0.1, 0.15) is 53.4 Å². The number of benzene rings is 3. The summed E-state index contributed by atoms with van der Waals surface area (Å²) in [7, 11) is 0. The maximum Gasteiger partial charge on any atom is 0.251 e. The van der Waals surface area contributed by atoms with Gasteiger partial charge in [-0.1, -0.05) is 56.3 Å². The lowest BCUT2D eigenvalue weighted by atomic mass is 9.93. The third-order valence-corrected chi connectivity index (χ3v) is 5.04. The fraction of sp³-hybridized carbons (Fsp3) is 0.269. The van der Waals surface area contributed by atoms with Gasteiger partial charge >= 0.3 is 0 Å². The number of ether oxygens (including phenoxy) is 1. The van der Waals surface area contributed by atoms with E-state index in [1.807, 2.05) is 54.6 Å². The minimum atomic E-state index is -0.254. The molecule has 0 bridgehead atoms. The van der Waals surface area contributed by atoms with Crippen molar-refractivity contribution in [1.82, 2.24) is 5.32 Å². The molecule has 0 saturated carbocycles. The summed E-state index contributed by atoms with van der Waals surface area (Å²) >= 11 is 0. The summed E-state index contributed by atoms with van der Waals surface area (Å²) in [5.74, 6) is 0.705. The Morgan fingerprint density at radius 2 is 1.73 bits per heavy atom. The number of carbonyl (C=O) groups is 1. The van der Waals surface area contributed by atoms with E-state index >= 15 is 0 Å². The van der Waals surface area contributed by atoms with Crippen molar-refractivity contribution in [3.8, 4) is 5.75 Å². The van der Waals surface area contributed by atoms with Gasteiger partial charge in [0.1, 0.15) is 18.2 Å². The van der Waals surface area contributed by atoms with E-state index in [0.29, 0.717) is 23.7 Å². The Morgan fingerprint density at radius 1 is 1.00 bits per heavy atom. The predicted octanol–water partition coefficient (Wildman–Crippen LogP) is 6.23. The van der Waals surface area contributed by atoms with Gasteiger partial charge in [-0.3, -0.25) is 4.79 Å². The highest BCUT2D eigenvalue weighted by molar-refractivity contribution is 5.94. The van der Waals surface area contributed by atoms with Crippen LogP contribution >= 0.6 is 0 Å². The second-order valence-electron chi connectivity index (χ2n) is 7.91. The largest absolute Gasteiger partial charge is 0.489 e. The quantitative estimate of drug-likeness (QED) is 0.482. The molecule has 30 heavy (non-hydrogen) atoms. The molecule has 4 heteroatoms. The summed E-state index contributed by atoms with van der Waals surface area (Å²) < 4.78 is 19.9. The van der Waals surface area contributed by atoms with Gasteiger partial charge in [0.05, 0.1) is 6.04 Å². The van der Waals surface area contributed by atoms with Crippen LogP contribution < -0.4 is 10.1 Å². The summed E-state index contributed by atoms with van der Waals surface area (Å²) in [6.07, 6.45) is 0.729. The van der Waals surface area contributed by atoms with E-state index in [1.54, 1.807) is 19.1 Å². The molecule has 0 fully saturated rings. The van der Waals surface area contributed by atoms with Crippen molar-refractivity contribution < 1.29 is 13.9 Å². The van der Waals surface area contributed by atoms with Crippen LogP contribution in [-0.4, -0.2) is 5.91 Å². The number of halogens is 1. The first-order valence-corrected chi connectivity index (χ1v) is 10.3. The van der Waals surface area contributed by atoms with Crippen LogP contribution in [0.25, 0.3) is 0 Å². The highest BCUT2D eigenvalue weighted by atomic mass is 19.1. The van der Waals surface area contributed by atoms with Gasteiger partial charge in [0.15, 0.2) is 0 Å². The molecule has 1 unspecified atom stereocenters. The van der Waals surface area contributed by atoms with Crippen LogP contribution in [0.3, 0.4) is 0 Å². The van der Waals surface area contributed by atoms with Gasteiger partial charge in [-0.05, 0) is 66.3 Å². The smallest absolute Gasteiger partial charge is 0.251 e. The molecule has 1 N–H and O–H groups in total. The van der Waals surface area contributed by atoms with E-state index in [9.17, 15) is 9.18 Å². The van der Waals surface area contributed by atoms with Gasteiger partial charge in [0, 0.05) is 5.56 Å². The molecule has 0 aliphatic carbocycles. The zero-order valence-corrected chi connectivity index (χ0v) is 17.7. The second-order valence-corrected chi connectivity index (χ2v) is 7.91. The average Bonchev–Trinajstić information content (AvgIpc) is 2.74. The summed E-state index contributed by atoms with van der Waals surface area (Å²) in [5.41, 5.74) is 2.87. The predicted molar refractivity (Wildman–Crippen MR) is 118 cm³/mol. The SMILES string of the molecule is Cc1c(F)cccc1C(CC(C)C)NC(=O)c1cccc(COc2ccccc2)c1. The first-order chi connectivity index (χ1) is 14.4. The Morgan fingerprint density at radius 3 is 2.47 bits per heavy atom. The molecule has 1 atom stereocenters. The second kappa shape index (κ2) is 10.1. The van der Waals surface area contributed by atoms with Crippen molar-refractivity contribution in [2.45, 2.75) is 39.8 Å². The molecule has 3 nitrogen and oxygen atoms in total. The van der Waals surface area contributed by atoms with Crippen molar-refractivity contribution in [3.63, 3.8) is 0 Å². The molecule has 0 aliphatic heterocycles. The van der Waals surface area contributed by atoms with Crippen LogP contribution in [0.4, 0.5) is 4.39 Å². The lowest BCUT2D eigenvalue weighted by Crippen LogP contribution is -2.30. The lowest BCUT2D eigenvalue weighted by molar-refractivity contribution is 0.0931. The van der Waals surface area contributed by atoms with Crippen molar-refractivity contribution >= 4 is 5.91 Å². The summed E-state index contributed by atoms with van der Waals surface area (Å²) in [5, 5.41) is 3.10. The molecule has 0 saturated heterocycles. The van der Waals surface area contributed by atoms with E-state index < -0.39 is 0 Å². The van der Waals surface area contributed by atoms with Crippen LogP contribution in [0.15, 0.2) is 72.8 Å². The summed E-state index contributed by atoms with van der Waals surface area (Å²) in [6.45, 7) is 6.32. The standard InChI is InChI=1S/C26H28FNO2/c1-18(2)15-25(23-13-8-14-24(27)19(23)3)28-26(29)21-10-7-9-20(16-21)17-30-22-11-5-4-6-12-22/h4-14,16,18,25H,15,17H2,1-3H3,(H,28,29). The highest BCUT2D eigenvalue weighted by Crippen LogP contribution is 2.26. The molecule has 3 aromatic rings. The van der Waals surface area contributed by atoms with Gasteiger partial charge in [0.2, 0.25) is 0 Å². The first-order valence-electron chi connectivity index (χ1n) is 10.3.